The molecule has 0 aliphatic heterocycles. The molecule has 0 aliphatic carbocycles. The number of rotatable bonds is 0. The fourth-order valence-corrected chi connectivity index (χ4v) is 1.75. The number of hydrogen-bond donors (Lipinski definition) is 0. The summed E-state index contributed by atoms with van der Waals surface area (Å²) in [4.78, 5) is 0. The van der Waals surface area contributed by atoms with E-state index in [1.807, 2.05) is 37.3 Å². The predicted molar refractivity (Wildman–Crippen MR) is 58.4 cm³/mol. The van der Waals surface area contributed by atoms with Gasteiger partial charge in [-0.1, -0.05) is 23.7 Å². The summed E-state index contributed by atoms with van der Waals surface area (Å²) in [6, 6.07) is 11.7. The van der Waals surface area contributed by atoms with Crippen LogP contribution in [0.4, 0.5) is 0 Å². The second-order valence-electron chi connectivity index (χ2n) is 3.24. The minimum atomic E-state index is 0.708. The molecule has 0 amide bonds. The molecule has 1 nitrogen and oxygen atoms in total. The molecule has 68 valence electrons. The number of nitriles is 1. The van der Waals surface area contributed by atoms with E-state index in [0.29, 0.717) is 5.56 Å². The molecule has 0 spiro atoms. The van der Waals surface area contributed by atoms with E-state index in [4.69, 9.17) is 16.9 Å². The van der Waals surface area contributed by atoms with E-state index in [-0.39, 0.29) is 0 Å². The molecule has 0 bridgehead atoms. The van der Waals surface area contributed by atoms with E-state index in [1.165, 1.54) is 0 Å². The van der Waals surface area contributed by atoms with Crippen LogP contribution in [0.5, 0.6) is 0 Å². The fraction of sp³-hybridized carbons (Fsp3) is 0.0833. The molecular weight excluding hydrogens is 194 g/mol. The Kier molecular flexibility index (Phi) is 2.15. The maximum atomic E-state index is 8.86. The predicted octanol–water partition coefficient (Wildman–Crippen LogP) is 3.67. The zero-order valence-electron chi connectivity index (χ0n) is 7.71. The third-order valence-electron chi connectivity index (χ3n) is 2.29. The van der Waals surface area contributed by atoms with Crippen molar-refractivity contribution in [2.24, 2.45) is 0 Å². The van der Waals surface area contributed by atoms with Gasteiger partial charge in [0.2, 0.25) is 0 Å². The number of halogens is 1. The zero-order chi connectivity index (χ0) is 10.1. The number of benzene rings is 2. The molecule has 0 saturated carbocycles. The first-order valence-electron chi connectivity index (χ1n) is 4.31. The molecule has 0 unspecified atom stereocenters. The minimum absolute atomic E-state index is 0.708. The molecule has 0 saturated heterocycles. The summed E-state index contributed by atoms with van der Waals surface area (Å²) < 4.78 is 0. The Labute approximate surface area is 87.5 Å². The normalized spacial score (nSPS) is 10.1. The van der Waals surface area contributed by atoms with Crippen molar-refractivity contribution < 1.29 is 0 Å². The molecule has 2 aromatic carbocycles. The summed E-state index contributed by atoms with van der Waals surface area (Å²) in [7, 11) is 0. The van der Waals surface area contributed by atoms with Crippen molar-refractivity contribution in [2.75, 3.05) is 0 Å². The maximum absolute atomic E-state index is 8.86. The highest BCUT2D eigenvalue weighted by atomic mass is 35.5. The lowest BCUT2D eigenvalue weighted by Gasteiger charge is -2.03. The van der Waals surface area contributed by atoms with Crippen LogP contribution in [0.25, 0.3) is 10.8 Å². The lowest BCUT2D eigenvalue weighted by Crippen LogP contribution is -1.83. The minimum Gasteiger partial charge on any atom is -0.192 e. The number of nitrogens with zero attached hydrogens (tertiary/aromatic N) is 1. The highest BCUT2D eigenvalue weighted by Gasteiger charge is 2.02. The largest absolute Gasteiger partial charge is 0.192 e. The Bertz CT molecular complexity index is 538. The van der Waals surface area contributed by atoms with Crippen molar-refractivity contribution >= 4 is 22.4 Å². The maximum Gasteiger partial charge on any atom is 0.0994 e. The summed E-state index contributed by atoms with van der Waals surface area (Å²) in [6.07, 6.45) is 0. The Morgan fingerprint density at radius 3 is 2.79 bits per heavy atom. The summed E-state index contributed by atoms with van der Waals surface area (Å²) in [6.45, 7) is 1.92. The van der Waals surface area contributed by atoms with Crippen molar-refractivity contribution in [3.8, 4) is 6.07 Å². The first kappa shape index (κ1) is 9.05. The van der Waals surface area contributed by atoms with Gasteiger partial charge in [0, 0.05) is 10.4 Å². The van der Waals surface area contributed by atoms with E-state index in [9.17, 15) is 0 Å². The van der Waals surface area contributed by atoms with Crippen LogP contribution < -0.4 is 0 Å². The van der Waals surface area contributed by atoms with Gasteiger partial charge in [0.1, 0.15) is 0 Å². The average molecular weight is 202 g/mol. The van der Waals surface area contributed by atoms with Gasteiger partial charge in [-0.3, -0.25) is 0 Å². The molecule has 0 aromatic heterocycles. The van der Waals surface area contributed by atoms with Gasteiger partial charge in [-0.05, 0) is 36.1 Å². The lowest BCUT2D eigenvalue weighted by atomic mass is 10.0. The SMILES string of the molecule is Cc1cc2c(Cl)cccc2cc1C#N. The quantitative estimate of drug-likeness (QED) is 0.638. The number of aryl methyl sites for hydroxylation is 1. The van der Waals surface area contributed by atoms with Gasteiger partial charge < -0.3 is 0 Å². The number of hydrogen-bond acceptors (Lipinski definition) is 1. The molecule has 0 aliphatic rings. The van der Waals surface area contributed by atoms with Gasteiger partial charge in [-0.25, -0.2) is 0 Å². The highest BCUT2D eigenvalue weighted by molar-refractivity contribution is 6.35. The Morgan fingerprint density at radius 1 is 1.29 bits per heavy atom. The first-order chi connectivity index (χ1) is 6.72. The van der Waals surface area contributed by atoms with E-state index < -0.39 is 0 Å². The van der Waals surface area contributed by atoms with Gasteiger partial charge in [0.25, 0.3) is 0 Å². The molecule has 2 rings (SSSR count). The van der Waals surface area contributed by atoms with Crippen LogP contribution in [-0.4, -0.2) is 0 Å². The van der Waals surface area contributed by atoms with Crippen LogP contribution in [0.1, 0.15) is 11.1 Å². The molecule has 0 N–H and O–H groups in total. The van der Waals surface area contributed by atoms with Crippen LogP contribution in [0.3, 0.4) is 0 Å². The highest BCUT2D eigenvalue weighted by Crippen LogP contribution is 2.25. The lowest BCUT2D eigenvalue weighted by molar-refractivity contribution is 1.42. The van der Waals surface area contributed by atoms with Crippen LogP contribution in [0, 0.1) is 18.3 Å². The van der Waals surface area contributed by atoms with Gasteiger partial charge in [-0.2, -0.15) is 5.26 Å². The van der Waals surface area contributed by atoms with Crippen molar-refractivity contribution in [1.82, 2.24) is 0 Å². The topological polar surface area (TPSA) is 23.8 Å². The standard InChI is InChI=1S/C12H8ClN/c1-8-5-11-9(6-10(8)7-14)3-2-4-12(11)13/h2-6H,1H3. The second kappa shape index (κ2) is 3.32. The molecule has 14 heavy (non-hydrogen) atoms. The van der Waals surface area contributed by atoms with Gasteiger partial charge in [-0.15, -0.1) is 0 Å². The van der Waals surface area contributed by atoms with Gasteiger partial charge in [0.05, 0.1) is 11.6 Å². The molecule has 2 aromatic rings. The van der Waals surface area contributed by atoms with Crippen LogP contribution >= 0.6 is 11.6 Å². The van der Waals surface area contributed by atoms with Crippen molar-refractivity contribution in [3.63, 3.8) is 0 Å². The smallest absolute Gasteiger partial charge is 0.0994 e. The Morgan fingerprint density at radius 2 is 2.07 bits per heavy atom. The first-order valence-corrected chi connectivity index (χ1v) is 4.69. The molecule has 0 fully saturated rings. The number of fused-ring (bicyclic) bond motifs is 1. The second-order valence-corrected chi connectivity index (χ2v) is 3.65. The van der Waals surface area contributed by atoms with Crippen LogP contribution in [0.15, 0.2) is 30.3 Å². The molecule has 0 radical (unpaired) electrons. The third-order valence-corrected chi connectivity index (χ3v) is 2.62. The van der Waals surface area contributed by atoms with Gasteiger partial charge >= 0.3 is 0 Å². The Hall–Kier alpha value is -1.52. The third kappa shape index (κ3) is 1.34. The monoisotopic (exact) mass is 201 g/mol. The summed E-state index contributed by atoms with van der Waals surface area (Å²) in [5.74, 6) is 0. The van der Waals surface area contributed by atoms with Crippen molar-refractivity contribution in [3.05, 3.63) is 46.5 Å². The average Bonchev–Trinajstić information content (AvgIpc) is 2.19. The molecule has 0 atom stereocenters. The van der Waals surface area contributed by atoms with Crippen molar-refractivity contribution in [2.45, 2.75) is 6.92 Å². The molecule has 2 heteroatoms. The fourth-order valence-electron chi connectivity index (χ4n) is 1.52. The van der Waals surface area contributed by atoms with Crippen LogP contribution in [-0.2, 0) is 0 Å². The Balaban J connectivity index is 2.88. The molecule has 0 heterocycles. The summed E-state index contributed by atoms with van der Waals surface area (Å²) >= 11 is 6.04. The van der Waals surface area contributed by atoms with Gasteiger partial charge in [0.15, 0.2) is 0 Å². The van der Waals surface area contributed by atoms with E-state index >= 15 is 0 Å². The summed E-state index contributed by atoms with van der Waals surface area (Å²) in [5.41, 5.74) is 1.67. The van der Waals surface area contributed by atoms with Crippen LogP contribution in [0.2, 0.25) is 5.02 Å². The van der Waals surface area contributed by atoms with Crippen molar-refractivity contribution in [1.29, 1.82) is 5.26 Å². The molecular formula is C12H8ClN. The summed E-state index contributed by atoms with van der Waals surface area (Å²) in [5, 5.41) is 11.6. The van der Waals surface area contributed by atoms with E-state index in [2.05, 4.69) is 6.07 Å². The zero-order valence-corrected chi connectivity index (χ0v) is 8.47. The van der Waals surface area contributed by atoms with E-state index in [1.54, 1.807) is 0 Å². The van der Waals surface area contributed by atoms with E-state index in [0.717, 1.165) is 21.4 Å².